The van der Waals surface area contributed by atoms with Crippen molar-refractivity contribution in [3.05, 3.63) is 95.2 Å². The van der Waals surface area contributed by atoms with E-state index in [-0.39, 0.29) is 13.0 Å². The summed E-state index contributed by atoms with van der Waals surface area (Å²) in [7, 11) is 0. The zero-order valence-corrected chi connectivity index (χ0v) is 24.3. The lowest BCUT2D eigenvalue weighted by Crippen LogP contribution is -2.31. The zero-order valence-electron chi connectivity index (χ0n) is 24.3. The minimum absolute atomic E-state index is 0.179. The fraction of sp³-hybridized carbons (Fsp3) is 0.375. The Labute approximate surface area is 245 Å². The van der Waals surface area contributed by atoms with Gasteiger partial charge in [-0.1, -0.05) is 18.2 Å². The van der Waals surface area contributed by atoms with Crippen molar-refractivity contribution < 1.29 is 19.4 Å². The van der Waals surface area contributed by atoms with Crippen molar-refractivity contribution in [2.24, 2.45) is 0 Å². The Balaban J connectivity index is 1.38. The van der Waals surface area contributed by atoms with Crippen LogP contribution in [0.15, 0.2) is 67.1 Å². The molecule has 0 fully saturated rings. The van der Waals surface area contributed by atoms with Gasteiger partial charge in [0, 0.05) is 43.3 Å². The van der Waals surface area contributed by atoms with Gasteiger partial charge in [-0.05, 0) is 75.1 Å². The quantitative estimate of drug-likeness (QED) is 0.234. The Morgan fingerprint density at radius 2 is 1.95 bits per heavy atom. The molecule has 1 amide bonds. The Morgan fingerprint density at radius 1 is 1.14 bits per heavy atom. The number of aliphatic carboxylic acids is 1. The van der Waals surface area contributed by atoms with Crippen molar-refractivity contribution in [3.8, 4) is 5.69 Å². The first-order valence-corrected chi connectivity index (χ1v) is 14.3. The number of benzene rings is 1. The van der Waals surface area contributed by atoms with Crippen molar-refractivity contribution in [3.63, 3.8) is 0 Å². The number of hydrogen-bond acceptors (Lipinski definition) is 6. The summed E-state index contributed by atoms with van der Waals surface area (Å²) >= 11 is 0. The van der Waals surface area contributed by atoms with Gasteiger partial charge < -0.3 is 25.0 Å². The van der Waals surface area contributed by atoms with Crippen LogP contribution in [0.4, 0.5) is 5.82 Å². The molecule has 0 saturated heterocycles. The number of pyridine rings is 1. The highest BCUT2D eigenvalue weighted by Crippen LogP contribution is 2.24. The summed E-state index contributed by atoms with van der Waals surface area (Å²) in [6, 6.07) is 14.8. The largest absolute Gasteiger partial charge is 0.481 e. The fourth-order valence-corrected chi connectivity index (χ4v) is 5.03. The first-order chi connectivity index (χ1) is 20.2. The van der Waals surface area contributed by atoms with E-state index in [0.29, 0.717) is 29.8 Å². The van der Waals surface area contributed by atoms with Crippen LogP contribution in [-0.4, -0.2) is 48.5 Å². The van der Waals surface area contributed by atoms with Gasteiger partial charge in [-0.3, -0.25) is 14.3 Å². The highest BCUT2D eigenvalue weighted by atomic mass is 16.5. The van der Waals surface area contributed by atoms with Crippen LogP contribution in [0.1, 0.15) is 72.5 Å². The average Bonchev–Trinajstić information content (AvgIpc) is 3.64. The van der Waals surface area contributed by atoms with Crippen LogP contribution in [0.5, 0.6) is 0 Å². The summed E-state index contributed by atoms with van der Waals surface area (Å²) in [5.41, 5.74) is 4.31. The highest BCUT2D eigenvalue weighted by molar-refractivity contribution is 5.95. The van der Waals surface area contributed by atoms with Crippen LogP contribution in [0, 0.1) is 0 Å². The second-order valence-corrected chi connectivity index (χ2v) is 11.5. The van der Waals surface area contributed by atoms with Crippen LogP contribution in [0.2, 0.25) is 0 Å². The van der Waals surface area contributed by atoms with E-state index in [1.807, 2.05) is 80.2 Å². The van der Waals surface area contributed by atoms with Crippen molar-refractivity contribution in [2.75, 3.05) is 11.9 Å². The molecule has 4 aromatic rings. The van der Waals surface area contributed by atoms with E-state index in [9.17, 15) is 14.7 Å². The lowest BCUT2D eigenvalue weighted by Gasteiger charge is -2.22. The lowest BCUT2D eigenvalue weighted by atomic mass is 10.0. The first-order valence-electron chi connectivity index (χ1n) is 14.3. The predicted octanol–water partition coefficient (Wildman–Crippen LogP) is 4.93. The number of carbonyl (C=O) groups is 2. The molecular weight excluding hydrogens is 532 g/mol. The number of carboxylic acids is 1. The number of carbonyl (C=O) groups excluding carboxylic acids is 1. The topological polar surface area (TPSA) is 123 Å². The van der Waals surface area contributed by atoms with E-state index in [2.05, 4.69) is 21.8 Å². The summed E-state index contributed by atoms with van der Waals surface area (Å²) in [4.78, 5) is 30.3. The summed E-state index contributed by atoms with van der Waals surface area (Å²) < 4.78 is 9.80. The Bertz CT molecular complexity index is 1540. The molecule has 0 radical (unpaired) electrons. The van der Waals surface area contributed by atoms with Crippen molar-refractivity contribution >= 4 is 17.7 Å². The molecule has 3 aromatic heterocycles. The monoisotopic (exact) mass is 570 g/mol. The van der Waals surface area contributed by atoms with Gasteiger partial charge in [0.05, 0.1) is 42.1 Å². The number of ether oxygens (including phenoxy) is 1. The molecular formula is C32H38N6O4. The van der Waals surface area contributed by atoms with Gasteiger partial charge in [0.1, 0.15) is 5.82 Å². The Kier molecular flexibility index (Phi) is 8.72. The first kappa shape index (κ1) is 29.1. The number of fused-ring (bicyclic) bond motifs is 1. The van der Waals surface area contributed by atoms with Gasteiger partial charge in [0.25, 0.3) is 5.91 Å². The van der Waals surface area contributed by atoms with E-state index < -0.39 is 23.5 Å². The number of anilines is 1. The summed E-state index contributed by atoms with van der Waals surface area (Å²) in [6.45, 7) is 7.49. The van der Waals surface area contributed by atoms with Gasteiger partial charge >= 0.3 is 5.97 Å². The van der Waals surface area contributed by atoms with Crippen LogP contribution in [-0.2, 0) is 35.5 Å². The molecule has 5 rings (SSSR count). The van der Waals surface area contributed by atoms with E-state index in [1.54, 1.807) is 4.68 Å². The third-order valence-electron chi connectivity index (χ3n) is 7.23. The number of carboxylic acid groups (broad SMARTS) is 1. The van der Waals surface area contributed by atoms with E-state index in [0.717, 1.165) is 36.6 Å². The molecule has 42 heavy (non-hydrogen) atoms. The molecule has 1 aromatic carbocycles. The maximum absolute atomic E-state index is 13.7. The molecule has 1 aliphatic rings. The van der Waals surface area contributed by atoms with E-state index in [1.165, 1.54) is 11.8 Å². The molecule has 10 heteroatoms. The minimum Gasteiger partial charge on any atom is -0.481 e. The molecule has 4 heterocycles. The molecule has 10 nitrogen and oxygen atoms in total. The highest BCUT2D eigenvalue weighted by Gasteiger charge is 2.25. The van der Waals surface area contributed by atoms with Gasteiger partial charge in [-0.2, -0.15) is 5.10 Å². The van der Waals surface area contributed by atoms with E-state index in [4.69, 9.17) is 9.72 Å². The third-order valence-corrected chi connectivity index (χ3v) is 7.23. The molecule has 1 atom stereocenters. The Hall–Kier alpha value is -4.44. The number of rotatable bonds is 11. The normalized spacial score (nSPS) is 13.7. The van der Waals surface area contributed by atoms with Gasteiger partial charge in [-0.15, -0.1) is 0 Å². The number of nitrogens with zero attached hydrogens (tertiary/aromatic N) is 4. The number of hydrogen-bond donors (Lipinski definition) is 3. The van der Waals surface area contributed by atoms with E-state index >= 15 is 0 Å². The van der Waals surface area contributed by atoms with Crippen LogP contribution in [0.3, 0.4) is 0 Å². The van der Waals surface area contributed by atoms with Crippen molar-refractivity contribution in [1.29, 1.82) is 0 Å². The third kappa shape index (κ3) is 7.25. The standard InChI is InChI=1S/C32H38N6O4/c1-32(2,3)42-21-28-26(20-34-38(28)17-13-24-12-11-22-9-7-14-33-30(22)35-24)31(41)36-27(19-29(39)40)23-8-6-10-25(18-23)37-15-4-5-16-37/h4-6,8,10-12,15-16,18,20,27H,7,9,13-14,17,19,21H2,1-3H3,(H,33,35)(H,36,41)(H,39,40). The van der Waals surface area contributed by atoms with Gasteiger partial charge in [0.15, 0.2) is 0 Å². The zero-order chi connectivity index (χ0) is 29.7. The van der Waals surface area contributed by atoms with Gasteiger partial charge in [0.2, 0.25) is 0 Å². The predicted molar refractivity (Wildman–Crippen MR) is 160 cm³/mol. The number of aryl methyl sites for hydroxylation is 3. The molecule has 3 N–H and O–H groups in total. The van der Waals surface area contributed by atoms with Crippen LogP contribution in [0.25, 0.3) is 5.69 Å². The number of aromatic nitrogens is 4. The van der Waals surface area contributed by atoms with Crippen LogP contribution >= 0.6 is 0 Å². The van der Waals surface area contributed by atoms with Crippen molar-refractivity contribution in [2.45, 2.75) is 71.2 Å². The SMILES string of the molecule is CC(C)(C)OCc1c(C(=O)NC(CC(=O)O)c2cccc(-n3cccc3)c2)cnn1CCc1ccc2c(n1)NCCC2. The van der Waals surface area contributed by atoms with Gasteiger partial charge in [-0.25, -0.2) is 4.98 Å². The number of amides is 1. The summed E-state index contributed by atoms with van der Waals surface area (Å²) in [6.07, 6.45) is 7.86. The lowest BCUT2D eigenvalue weighted by molar-refractivity contribution is -0.137. The smallest absolute Gasteiger partial charge is 0.305 e. The average molecular weight is 571 g/mol. The second kappa shape index (κ2) is 12.6. The molecule has 0 aliphatic carbocycles. The molecule has 1 unspecified atom stereocenters. The maximum atomic E-state index is 13.7. The summed E-state index contributed by atoms with van der Waals surface area (Å²) in [5, 5.41) is 20.5. The van der Waals surface area contributed by atoms with Crippen LogP contribution < -0.4 is 10.6 Å². The fourth-order valence-electron chi connectivity index (χ4n) is 5.03. The molecule has 0 bridgehead atoms. The van der Waals surface area contributed by atoms with Crippen molar-refractivity contribution in [1.82, 2.24) is 24.6 Å². The summed E-state index contributed by atoms with van der Waals surface area (Å²) in [5.74, 6) is -0.464. The second-order valence-electron chi connectivity index (χ2n) is 11.5. The molecule has 0 saturated carbocycles. The molecule has 0 spiro atoms. The number of nitrogens with one attached hydrogen (secondary N) is 2. The molecule has 1 aliphatic heterocycles. The Morgan fingerprint density at radius 3 is 2.71 bits per heavy atom. The maximum Gasteiger partial charge on any atom is 0.305 e. The minimum atomic E-state index is -1.01. The molecule has 220 valence electrons.